The van der Waals surface area contributed by atoms with Crippen LogP contribution in [0.4, 0.5) is 0 Å². The maximum atomic E-state index is 9.33. The van der Waals surface area contributed by atoms with Crippen molar-refractivity contribution in [1.29, 1.82) is 10.5 Å². The van der Waals surface area contributed by atoms with E-state index in [1.807, 2.05) is 48.7 Å². The van der Waals surface area contributed by atoms with Crippen LogP contribution in [0, 0.1) is 22.7 Å². The molecular weight excluding hydrogens is 531 g/mol. The Morgan fingerprint density at radius 2 is 1.07 bits per heavy atom. The highest BCUT2D eigenvalue weighted by molar-refractivity contribution is 7.30. The molecule has 0 aliphatic carbocycles. The number of hydrogen-bond acceptors (Lipinski definition) is 4. The fraction of sp³-hybridized carbons (Fsp3) is 0.333. The molecule has 0 bridgehead atoms. The van der Waals surface area contributed by atoms with Gasteiger partial charge < -0.3 is 13.7 Å². The standard InChI is InChI=1S/C33H35N5S2/c1-6-13-36-24(16-22(4)20-34)9-11-26(36)30-18-28-32(39-30)33-29(38(28)15-8-3)19-31(40-33)27-12-10-25(17-23(5)21-35)37(27)14-7-2/h9-12,16-19H,6-8,13-15H2,1-5H3/b22-16-,23-17-. The van der Waals surface area contributed by atoms with Crippen LogP contribution in [0.2, 0.25) is 0 Å². The number of nitriles is 2. The van der Waals surface area contributed by atoms with Crippen LogP contribution in [-0.4, -0.2) is 13.7 Å². The lowest BCUT2D eigenvalue weighted by Gasteiger charge is -2.10. The number of rotatable bonds is 10. The fourth-order valence-corrected chi connectivity index (χ4v) is 7.98. The second kappa shape index (κ2) is 11.8. The summed E-state index contributed by atoms with van der Waals surface area (Å²) in [6.07, 6.45) is 7.10. The van der Waals surface area contributed by atoms with Crippen LogP contribution >= 0.6 is 22.7 Å². The van der Waals surface area contributed by atoms with Gasteiger partial charge in [-0.25, -0.2) is 0 Å². The number of nitrogens with zero attached hydrogens (tertiary/aromatic N) is 5. The second-order valence-corrected chi connectivity index (χ2v) is 12.4. The average Bonchev–Trinajstić information content (AvgIpc) is 3.75. The van der Waals surface area contributed by atoms with Crippen molar-refractivity contribution in [3.63, 3.8) is 0 Å². The molecule has 0 atom stereocenters. The van der Waals surface area contributed by atoms with Gasteiger partial charge >= 0.3 is 0 Å². The normalized spacial score (nSPS) is 12.5. The number of allylic oxidation sites excluding steroid dienone is 2. The summed E-state index contributed by atoms with van der Waals surface area (Å²) in [5, 5.41) is 18.7. The minimum Gasteiger partial charge on any atom is -0.340 e. The summed E-state index contributed by atoms with van der Waals surface area (Å²) in [6.45, 7) is 13.2. The maximum Gasteiger partial charge on any atom is 0.0944 e. The quantitative estimate of drug-likeness (QED) is 0.158. The third-order valence-electron chi connectivity index (χ3n) is 7.17. The van der Waals surface area contributed by atoms with E-state index in [0.29, 0.717) is 0 Å². The molecule has 204 valence electrons. The van der Waals surface area contributed by atoms with Gasteiger partial charge in [-0.3, -0.25) is 0 Å². The third kappa shape index (κ3) is 4.96. The van der Waals surface area contributed by atoms with Crippen LogP contribution in [0.5, 0.6) is 0 Å². The van der Waals surface area contributed by atoms with E-state index < -0.39 is 0 Å². The van der Waals surface area contributed by atoms with Crippen LogP contribution in [0.15, 0.2) is 47.5 Å². The van der Waals surface area contributed by atoms with Crippen molar-refractivity contribution in [2.45, 2.75) is 73.5 Å². The van der Waals surface area contributed by atoms with Crippen molar-refractivity contribution in [1.82, 2.24) is 13.7 Å². The molecule has 0 aromatic carbocycles. The monoisotopic (exact) mass is 565 g/mol. The first-order valence-corrected chi connectivity index (χ1v) is 15.7. The lowest BCUT2D eigenvalue weighted by atomic mass is 10.2. The summed E-state index contributed by atoms with van der Waals surface area (Å²) < 4.78 is 9.88. The number of fused-ring (bicyclic) bond motifs is 3. The molecule has 0 unspecified atom stereocenters. The number of aryl methyl sites for hydroxylation is 1. The summed E-state index contributed by atoms with van der Waals surface area (Å²) in [6, 6.07) is 17.9. The van der Waals surface area contributed by atoms with E-state index in [0.717, 1.165) is 61.4 Å². The summed E-state index contributed by atoms with van der Waals surface area (Å²) in [4.78, 5) is 2.53. The van der Waals surface area contributed by atoms with Gasteiger partial charge in [-0.1, -0.05) is 20.8 Å². The van der Waals surface area contributed by atoms with Gasteiger partial charge in [0.2, 0.25) is 0 Å². The molecule has 0 aliphatic heterocycles. The van der Waals surface area contributed by atoms with Crippen LogP contribution in [-0.2, 0) is 19.6 Å². The van der Waals surface area contributed by atoms with E-state index in [9.17, 15) is 10.5 Å². The Morgan fingerprint density at radius 3 is 1.45 bits per heavy atom. The van der Waals surface area contributed by atoms with Crippen LogP contribution < -0.4 is 0 Å². The first-order chi connectivity index (χ1) is 19.4. The SMILES string of the molecule is CCCn1c(/C=C(/C)C#N)ccc1-c1cc2c(s1)c1sc(-c3ccc(/C=C(/C)C#N)n3CCC)cc1n2CCC. The predicted octanol–water partition coefficient (Wildman–Crippen LogP) is 9.94. The highest BCUT2D eigenvalue weighted by atomic mass is 32.1. The maximum absolute atomic E-state index is 9.33. The molecule has 0 amide bonds. The molecule has 0 N–H and O–H groups in total. The topological polar surface area (TPSA) is 62.4 Å². The number of hydrogen-bond donors (Lipinski definition) is 0. The van der Waals surface area contributed by atoms with Crippen molar-refractivity contribution in [3.8, 4) is 33.3 Å². The molecule has 7 heteroatoms. The molecule has 0 aliphatic rings. The highest BCUT2D eigenvalue weighted by Crippen LogP contribution is 2.46. The van der Waals surface area contributed by atoms with Gasteiger partial charge in [-0.05, 0) is 81.7 Å². The Bertz CT molecular complexity index is 1700. The molecule has 5 aromatic rings. The molecule has 0 spiro atoms. The Hall–Kier alpha value is -3.78. The zero-order chi connectivity index (χ0) is 28.4. The second-order valence-electron chi connectivity index (χ2n) is 10.3. The molecular formula is C33H35N5S2. The van der Waals surface area contributed by atoms with Gasteiger partial charge in [0.25, 0.3) is 0 Å². The summed E-state index contributed by atoms with van der Waals surface area (Å²) in [5.74, 6) is 0. The van der Waals surface area contributed by atoms with Crippen LogP contribution in [0.25, 0.3) is 53.7 Å². The number of thiophene rings is 2. The first kappa shape index (κ1) is 27.8. The average molecular weight is 566 g/mol. The summed E-state index contributed by atoms with van der Waals surface area (Å²) in [5.41, 5.74) is 8.65. The molecule has 40 heavy (non-hydrogen) atoms. The Balaban J connectivity index is 1.66. The van der Waals surface area contributed by atoms with E-state index in [2.05, 4.69) is 83.0 Å². The fourth-order valence-electron chi connectivity index (χ4n) is 5.44. The molecule has 5 heterocycles. The third-order valence-corrected chi connectivity index (χ3v) is 9.63. The predicted molar refractivity (Wildman–Crippen MR) is 171 cm³/mol. The number of aromatic nitrogens is 3. The molecule has 0 saturated heterocycles. The lowest BCUT2D eigenvalue weighted by Crippen LogP contribution is -2.01. The van der Waals surface area contributed by atoms with E-state index in [1.165, 1.54) is 41.6 Å². The molecule has 0 saturated carbocycles. The van der Waals surface area contributed by atoms with E-state index in [1.54, 1.807) is 0 Å². The van der Waals surface area contributed by atoms with Gasteiger partial charge in [0.05, 0.1) is 53.7 Å². The van der Waals surface area contributed by atoms with Crippen molar-refractivity contribution in [3.05, 3.63) is 58.9 Å². The smallest absolute Gasteiger partial charge is 0.0944 e. The van der Waals surface area contributed by atoms with E-state index >= 15 is 0 Å². The zero-order valence-electron chi connectivity index (χ0n) is 23.9. The first-order valence-electron chi connectivity index (χ1n) is 14.1. The van der Waals surface area contributed by atoms with Crippen molar-refractivity contribution in [2.24, 2.45) is 0 Å². The van der Waals surface area contributed by atoms with Crippen molar-refractivity contribution >= 4 is 55.3 Å². The van der Waals surface area contributed by atoms with Crippen molar-refractivity contribution < 1.29 is 0 Å². The Kier molecular flexibility index (Phi) is 8.17. The molecule has 5 nitrogen and oxygen atoms in total. The van der Waals surface area contributed by atoms with Gasteiger partial charge in [0, 0.05) is 42.2 Å². The Labute approximate surface area is 244 Å². The van der Waals surface area contributed by atoms with Gasteiger partial charge in [0.1, 0.15) is 0 Å². The lowest BCUT2D eigenvalue weighted by molar-refractivity contribution is 0.684. The van der Waals surface area contributed by atoms with Gasteiger partial charge in [0.15, 0.2) is 0 Å². The van der Waals surface area contributed by atoms with Gasteiger partial charge in [-0.2, -0.15) is 10.5 Å². The Morgan fingerprint density at radius 1 is 0.675 bits per heavy atom. The van der Waals surface area contributed by atoms with E-state index in [-0.39, 0.29) is 0 Å². The highest BCUT2D eigenvalue weighted by Gasteiger charge is 2.21. The minimum absolute atomic E-state index is 0.717. The molecule has 5 aromatic heterocycles. The summed E-state index contributed by atoms with van der Waals surface area (Å²) >= 11 is 3.75. The molecule has 0 fully saturated rings. The van der Waals surface area contributed by atoms with E-state index in [4.69, 9.17) is 0 Å². The van der Waals surface area contributed by atoms with Crippen LogP contribution in [0.3, 0.4) is 0 Å². The van der Waals surface area contributed by atoms with Gasteiger partial charge in [-0.15, -0.1) is 22.7 Å². The summed E-state index contributed by atoms with van der Waals surface area (Å²) in [7, 11) is 0. The van der Waals surface area contributed by atoms with Crippen molar-refractivity contribution in [2.75, 3.05) is 0 Å². The zero-order valence-corrected chi connectivity index (χ0v) is 25.5. The molecule has 0 radical (unpaired) electrons. The largest absolute Gasteiger partial charge is 0.340 e. The molecule has 5 rings (SSSR count). The van der Waals surface area contributed by atoms with Crippen LogP contribution in [0.1, 0.15) is 65.3 Å². The minimum atomic E-state index is 0.717.